The van der Waals surface area contributed by atoms with Crippen molar-refractivity contribution in [2.24, 2.45) is 7.05 Å². The summed E-state index contributed by atoms with van der Waals surface area (Å²) in [4.78, 5) is 16.1. The van der Waals surface area contributed by atoms with Crippen molar-refractivity contribution in [3.05, 3.63) is 76.6 Å². The minimum atomic E-state index is -0.0776. The van der Waals surface area contributed by atoms with Crippen LogP contribution in [0.1, 0.15) is 15.2 Å². The molecule has 0 unspecified atom stereocenters. The monoisotopic (exact) mass is 391 g/mol. The Morgan fingerprint density at radius 1 is 1.11 bits per heavy atom. The Balaban J connectivity index is 1.76. The van der Waals surface area contributed by atoms with Gasteiger partial charge in [0.15, 0.2) is 0 Å². The second-order valence-electron chi connectivity index (χ2n) is 6.61. The summed E-state index contributed by atoms with van der Waals surface area (Å²) < 4.78 is 1.77. The summed E-state index contributed by atoms with van der Waals surface area (Å²) in [5.41, 5.74) is 2.52. The van der Waals surface area contributed by atoms with Crippen LogP contribution in [0.15, 0.2) is 66.2 Å². The number of aliphatic hydroxyl groups excluding tert-OH is 1. The highest BCUT2D eigenvalue weighted by atomic mass is 32.1. The quantitative estimate of drug-likeness (QED) is 0.542. The Labute approximate surface area is 167 Å². The normalized spacial score (nSPS) is 11.1. The van der Waals surface area contributed by atoms with Gasteiger partial charge in [-0.3, -0.25) is 9.48 Å². The first-order chi connectivity index (χ1) is 13.7. The maximum atomic E-state index is 13.3. The molecular weight excluding hydrogens is 370 g/mol. The summed E-state index contributed by atoms with van der Waals surface area (Å²) in [6.07, 6.45) is 1.91. The Morgan fingerprint density at radius 3 is 2.64 bits per heavy atom. The molecule has 1 N–H and O–H groups in total. The zero-order valence-electron chi connectivity index (χ0n) is 15.6. The van der Waals surface area contributed by atoms with Crippen molar-refractivity contribution in [3.8, 4) is 11.3 Å². The van der Waals surface area contributed by atoms with E-state index in [2.05, 4.69) is 5.10 Å². The van der Waals surface area contributed by atoms with Gasteiger partial charge in [-0.1, -0.05) is 36.4 Å². The highest BCUT2D eigenvalue weighted by Gasteiger charge is 2.19. The van der Waals surface area contributed by atoms with E-state index in [1.54, 1.807) is 20.9 Å². The van der Waals surface area contributed by atoms with Crippen LogP contribution >= 0.6 is 11.3 Å². The van der Waals surface area contributed by atoms with Gasteiger partial charge in [-0.2, -0.15) is 5.10 Å². The fraction of sp³-hybridized carbons (Fsp3) is 0.182. The van der Waals surface area contributed by atoms with Gasteiger partial charge in [0.1, 0.15) is 0 Å². The number of aliphatic hydroxyl groups is 1. The fourth-order valence-electron chi connectivity index (χ4n) is 3.41. The van der Waals surface area contributed by atoms with E-state index in [0.29, 0.717) is 18.7 Å². The number of fused-ring (bicyclic) bond motifs is 1. The molecule has 2 aromatic heterocycles. The number of amides is 1. The number of nitrogens with zero attached hydrogens (tertiary/aromatic N) is 3. The van der Waals surface area contributed by atoms with Crippen molar-refractivity contribution in [2.75, 3.05) is 13.2 Å². The van der Waals surface area contributed by atoms with Gasteiger partial charge >= 0.3 is 0 Å². The van der Waals surface area contributed by atoms with Crippen molar-refractivity contribution in [2.45, 2.75) is 6.54 Å². The lowest BCUT2D eigenvalue weighted by molar-refractivity contribution is 0.0711. The average Bonchev–Trinajstić information content (AvgIpc) is 3.38. The molecule has 142 valence electrons. The van der Waals surface area contributed by atoms with Crippen LogP contribution in [0.25, 0.3) is 22.0 Å². The number of thiophene rings is 1. The lowest BCUT2D eigenvalue weighted by Gasteiger charge is -2.22. The molecule has 0 radical (unpaired) electrons. The SMILES string of the molecule is Cn1ccc(-c2cccc3c(C(=O)N(CCO)Cc4cccs4)cccc23)n1. The van der Waals surface area contributed by atoms with Gasteiger partial charge in [0.25, 0.3) is 5.91 Å². The van der Waals surface area contributed by atoms with Crippen LogP contribution in [0, 0.1) is 0 Å². The van der Waals surface area contributed by atoms with Crippen molar-refractivity contribution in [1.29, 1.82) is 0 Å². The van der Waals surface area contributed by atoms with Gasteiger partial charge in [-0.05, 0) is 34.4 Å². The molecular formula is C22H21N3O2S. The maximum absolute atomic E-state index is 13.3. The van der Waals surface area contributed by atoms with Gasteiger partial charge in [-0.15, -0.1) is 11.3 Å². The van der Waals surface area contributed by atoms with E-state index in [0.717, 1.165) is 26.9 Å². The van der Waals surface area contributed by atoms with Crippen LogP contribution in [0.2, 0.25) is 0 Å². The van der Waals surface area contributed by atoms with Crippen molar-refractivity contribution >= 4 is 28.0 Å². The van der Waals surface area contributed by atoms with Crippen LogP contribution in [0.4, 0.5) is 0 Å². The third kappa shape index (κ3) is 3.56. The molecule has 0 spiro atoms. The predicted octanol–water partition coefficient (Wildman–Crippen LogP) is 3.94. The average molecular weight is 391 g/mol. The topological polar surface area (TPSA) is 58.4 Å². The molecule has 4 rings (SSSR count). The first-order valence-corrected chi connectivity index (χ1v) is 9.99. The number of carbonyl (C=O) groups excluding carboxylic acids is 1. The second-order valence-corrected chi connectivity index (χ2v) is 7.64. The molecule has 0 bridgehead atoms. The summed E-state index contributed by atoms with van der Waals surface area (Å²) in [5.74, 6) is -0.0776. The van der Waals surface area contributed by atoms with Gasteiger partial charge in [0, 0.05) is 35.8 Å². The third-order valence-corrected chi connectivity index (χ3v) is 5.59. The number of aromatic nitrogens is 2. The summed E-state index contributed by atoms with van der Waals surface area (Å²) in [5, 5.41) is 17.9. The lowest BCUT2D eigenvalue weighted by Crippen LogP contribution is -2.33. The molecule has 0 atom stereocenters. The Hall–Kier alpha value is -2.96. The fourth-order valence-corrected chi connectivity index (χ4v) is 4.13. The molecule has 0 aliphatic heterocycles. The Bertz CT molecular complexity index is 1100. The maximum Gasteiger partial charge on any atom is 0.254 e. The number of rotatable bonds is 6. The van der Waals surface area contributed by atoms with Crippen molar-refractivity contribution < 1.29 is 9.90 Å². The molecule has 28 heavy (non-hydrogen) atoms. The van der Waals surface area contributed by atoms with E-state index in [-0.39, 0.29) is 12.5 Å². The van der Waals surface area contributed by atoms with Gasteiger partial charge in [0.2, 0.25) is 0 Å². The second kappa shape index (κ2) is 7.96. The molecule has 0 aliphatic carbocycles. The number of hydrogen-bond donors (Lipinski definition) is 1. The van der Waals surface area contributed by atoms with E-state index < -0.39 is 0 Å². The van der Waals surface area contributed by atoms with Crippen LogP contribution in [-0.2, 0) is 13.6 Å². The molecule has 4 aromatic rings. The van der Waals surface area contributed by atoms with E-state index in [4.69, 9.17) is 0 Å². The summed E-state index contributed by atoms with van der Waals surface area (Å²) in [6, 6.07) is 17.7. The number of hydrogen-bond acceptors (Lipinski definition) is 4. The van der Waals surface area contributed by atoms with Crippen LogP contribution in [0.3, 0.4) is 0 Å². The lowest BCUT2D eigenvalue weighted by atomic mass is 9.97. The van der Waals surface area contributed by atoms with Gasteiger partial charge < -0.3 is 10.0 Å². The molecule has 5 nitrogen and oxygen atoms in total. The number of benzene rings is 2. The molecule has 0 aliphatic rings. The summed E-state index contributed by atoms with van der Waals surface area (Å²) >= 11 is 1.61. The minimum Gasteiger partial charge on any atom is -0.395 e. The van der Waals surface area contributed by atoms with E-state index in [1.165, 1.54) is 0 Å². The van der Waals surface area contributed by atoms with E-state index in [1.807, 2.05) is 73.2 Å². The zero-order valence-corrected chi connectivity index (χ0v) is 16.4. The van der Waals surface area contributed by atoms with Gasteiger partial charge in [0.05, 0.1) is 18.8 Å². The molecule has 2 aromatic carbocycles. The molecule has 1 amide bonds. The summed E-state index contributed by atoms with van der Waals surface area (Å²) in [7, 11) is 1.89. The van der Waals surface area contributed by atoms with Crippen LogP contribution < -0.4 is 0 Å². The molecule has 0 fully saturated rings. The minimum absolute atomic E-state index is 0.0684. The summed E-state index contributed by atoms with van der Waals surface area (Å²) in [6.45, 7) is 0.724. The van der Waals surface area contributed by atoms with E-state index in [9.17, 15) is 9.90 Å². The first-order valence-electron chi connectivity index (χ1n) is 9.11. The standard InChI is InChI=1S/C22H21N3O2S/c1-24-11-10-21(23-24)19-8-2-7-18-17(19)6-3-9-20(18)22(27)25(12-13-26)15-16-5-4-14-28-16/h2-11,14,26H,12-13,15H2,1H3. The molecule has 6 heteroatoms. The molecule has 0 saturated carbocycles. The van der Waals surface area contributed by atoms with Crippen LogP contribution in [-0.4, -0.2) is 38.8 Å². The third-order valence-electron chi connectivity index (χ3n) is 4.73. The number of aryl methyl sites for hydroxylation is 1. The predicted molar refractivity (Wildman–Crippen MR) is 112 cm³/mol. The van der Waals surface area contributed by atoms with Crippen molar-refractivity contribution in [3.63, 3.8) is 0 Å². The Kier molecular flexibility index (Phi) is 5.23. The highest BCUT2D eigenvalue weighted by Crippen LogP contribution is 2.30. The zero-order chi connectivity index (χ0) is 19.5. The first kappa shape index (κ1) is 18.4. The largest absolute Gasteiger partial charge is 0.395 e. The highest BCUT2D eigenvalue weighted by molar-refractivity contribution is 7.09. The van der Waals surface area contributed by atoms with Gasteiger partial charge in [-0.25, -0.2) is 0 Å². The Morgan fingerprint density at radius 2 is 1.93 bits per heavy atom. The van der Waals surface area contributed by atoms with Crippen molar-refractivity contribution in [1.82, 2.24) is 14.7 Å². The molecule has 0 saturated heterocycles. The number of carbonyl (C=O) groups is 1. The van der Waals surface area contributed by atoms with E-state index >= 15 is 0 Å². The molecule has 2 heterocycles. The smallest absolute Gasteiger partial charge is 0.254 e. The van der Waals surface area contributed by atoms with Crippen LogP contribution in [0.5, 0.6) is 0 Å².